The summed E-state index contributed by atoms with van der Waals surface area (Å²) in [5.41, 5.74) is 6.23. The summed E-state index contributed by atoms with van der Waals surface area (Å²) in [7, 11) is 1.62. The van der Waals surface area contributed by atoms with Crippen LogP contribution in [0.2, 0.25) is 0 Å². The molecule has 0 aromatic heterocycles. The fourth-order valence-corrected chi connectivity index (χ4v) is 6.78. The molecule has 1 aliphatic heterocycles. The SMILES string of the molecule is COCCOCCOCCOCCOCCOCCOCCOCCC(=O)NCC[C@H](NC(=O)CN1C(=O)CC(C)C1=O)C(=O)N[C@H](C(=O)N[C@@H](CCCNC(N)=O)C(=O)Nc1ccc(COC(C)=O)cc1)C(C)C. The lowest BCUT2D eigenvalue weighted by atomic mass is 10.0. The number of nitrogens with zero attached hydrogens (tertiary/aromatic N) is 1. The van der Waals surface area contributed by atoms with Gasteiger partial charge in [-0.25, -0.2) is 4.79 Å². The number of hydrogen-bond donors (Lipinski definition) is 7. The van der Waals surface area contributed by atoms with Crippen LogP contribution in [-0.2, 0) is 87.6 Å². The minimum Gasteiger partial charge on any atom is -0.461 e. The molecule has 0 saturated carbocycles. The lowest BCUT2D eigenvalue weighted by molar-refractivity contribution is -0.143. The van der Waals surface area contributed by atoms with Gasteiger partial charge in [0.1, 0.15) is 31.3 Å². The number of esters is 1. The standard InChI is InChI=1S/C49H80N8O18/c1-34(2)44(47(64)55-39(7-6-14-52-49(50)66)45(62)53-38-10-8-37(9-11-38)33-75-36(4)58)56-46(63)40(54-42(60)32-57-43(61)31-35(3)48(57)65)12-15-51-41(59)13-16-68-19-20-70-23-24-72-27-28-74-30-29-73-26-25-71-22-21-69-18-17-67-5/h8-11,34-35,39-40,44H,6-7,12-33H2,1-5H3,(H,51,59)(H,53,62)(H,54,60)(H,55,64)(H,56,63)(H3,50,52,66)/t35?,39-,40-,44-/m0/s1. The molecule has 0 spiro atoms. The van der Waals surface area contributed by atoms with Gasteiger partial charge in [-0.05, 0) is 42.9 Å². The molecule has 8 N–H and O–H groups in total. The Morgan fingerprint density at radius 1 is 0.640 bits per heavy atom. The van der Waals surface area contributed by atoms with Crippen molar-refractivity contribution in [3.8, 4) is 0 Å². The molecule has 75 heavy (non-hydrogen) atoms. The lowest BCUT2D eigenvalue weighted by Gasteiger charge is -2.27. The summed E-state index contributed by atoms with van der Waals surface area (Å²) in [4.78, 5) is 116. The van der Waals surface area contributed by atoms with Gasteiger partial charge in [-0.3, -0.25) is 43.3 Å². The number of hydrogen-bond acceptors (Lipinski definition) is 18. The monoisotopic (exact) mass is 1070 g/mol. The summed E-state index contributed by atoms with van der Waals surface area (Å²) >= 11 is 0. The van der Waals surface area contributed by atoms with Crippen molar-refractivity contribution >= 4 is 59.0 Å². The van der Waals surface area contributed by atoms with Crippen LogP contribution in [0.15, 0.2) is 24.3 Å². The molecule has 1 aliphatic rings. The van der Waals surface area contributed by atoms with Crippen molar-refractivity contribution in [1.29, 1.82) is 0 Å². The molecule has 9 amide bonds. The van der Waals surface area contributed by atoms with Crippen molar-refractivity contribution in [3.63, 3.8) is 0 Å². The highest BCUT2D eigenvalue weighted by molar-refractivity contribution is 6.06. The van der Waals surface area contributed by atoms with Crippen molar-refractivity contribution in [2.75, 3.05) is 131 Å². The highest BCUT2D eigenvalue weighted by Crippen LogP contribution is 2.18. The van der Waals surface area contributed by atoms with Crippen LogP contribution >= 0.6 is 0 Å². The van der Waals surface area contributed by atoms with E-state index in [9.17, 15) is 43.2 Å². The first-order valence-electron chi connectivity index (χ1n) is 25.1. The Bertz CT molecular complexity index is 1890. The summed E-state index contributed by atoms with van der Waals surface area (Å²) < 4.78 is 48.0. The van der Waals surface area contributed by atoms with Gasteiger partial charge in [0.05, 0.1) is 99.1 Å². The zero-order valence-electron chi connectivity index (χ0n) is 44.0. The second kappa shape index (κ2) is 39.5. The fraction of sp³-hybridized carbons (Fsp3) is 0.694. The van der Waals surface area contributed by atoms with Crippen molar-refractivity contribution in [2.24, 2.45) is 17.6 Å². The van der Waals surface area contributed by atoms with E-state index in [1.54, 1.807) is 52.1 Å². The molecule has 1 saturated heterocycles. The number of primary amides is 1. The molecular formula is C49H80N8O18. The van der Waals surface area contributed by atoms with E-state index < -0.39 is 89.9 Å². The van der Waals surface area contributed by atoms with Gasteiger partial charge in [0.2, 0.25) is 41.4 Å². The minimum absolute atomic E-state index is 0.0298. The van der Waals surface area contributed by atoms with Gasteiger partial charge in [-0.2, -0.15) is 0 Å². The molecule has 2 rings (SSSR count). The van der Waals surface area contributed by atoms with Crippen LogP contribution in [0.4, 0.5) is 10.5 Å². The molecule has 0 bridgehead atoms. The third kappa shape index (κ3) is 30.3. The Labute approximate surface area is 438 Å². The number of ether oxygens (including phenoxy) is 9. The Kier molecular flexibility index (Phi) is 34.4. The van der Waals surface area contributed by atoms with Crippen LogP contribution in [-0.4, -0.2) is 202 Å². The van der Waals surface area contributed by atoms with Gasteiger partial charge >= 0.3 is 12.0 Å². The molecular weight excluding hydrogens is 989 g/mol. The number of nitrogens with two attached hydrogens (primary N) is 1. The fourth-order valence-electron chi connectivity index (χ4n) is 6.78. The molecule has 1 aromatic rings. The van der Waals surface area contributed by atoms with Crippen molar-refractivity contribution in [2.45, 2.75) is 84.5 Å². The third-order valence-corrected chi connectivity index (χ3v) is 10.8. The van der Waals surface area contributed by atoms with Gasteiger partial charge in [0.25, 0.3) is 0 Å². The number of benzene rings is 1. The summed E-state index contributed by atoms with van der Waals surface area (Å²) in [6.07, 6.45) is 0.0115. The molecule has 4 atom stereocenters. The predicted octanol–water partition coefficient (Wildman–Crippen LogP) is -0.699. The zero-order valence-corrected chi connectivity index (χ0v) is 44.0. The van der Waals surface area contributed by atoms with Gasteiger partial charge in [-0.15, -0.1) is 0 Å². The molecule has 0 radical (unpaired) electrons. The molecule has 26 heteroatoms. The van der Waals surface area contributed by atoms with Crippen molar-refractivity contribution in [1.82, 2.24) is 31.5 Å². The summed E-state index contributed by atoms with van der Waals surface area (Å²) in [6.45, 7) is 11.4. The van der Waals surface area contributed by atoms with E-state index in [1.807, 2.05) is 0 Å². The van der Waals surface area contributed by atoms with Crippen LogP contribution in [0.5, 0.6) is 0 Å². The highest BCUT2D eigenvalue weighted by atomic mass is 16.6. The number of nitrogens with one attached hydrogen (secondary N) is 6. The minimum atomic E-state index is -1.36. The first kappa shape index (κ1) is 65.2. The molecule has 1 heterocycles. The maximum atomic E-state index is 13.9. The molecule has 1 unspecified atom stereocenters. The second-order valence-electron chi connectivity index (χ2n) is 17.4. The van der Waals surface area contributed by atoms with Crippen LogP contribution in [0.3, 0.4) is 0 Å². The van der Waals surface area contributed by atoms with Gasteiger partial charge in [-0.1, -0.05) is 32.9 Å². The number of amides is 9. The zero-order chi connectivity index (χ0) is 55.2. The Hall–Kier alpha value is -5.87. The number of carbonyl (C=O) groups excluding carboxylic acids is 9. The molecule has 1 fully saturated rings. The quantitative estimate of drug-likeness (QED) is 0.0242. The predicted molar refractivity (Wildman–Crippen MR) is 268 cm³/mol. The third-order valence-electron chi connectivity index (χ3n) is 10.8. The topological polar surface area (TPSA) is 338 Å². The highest BCUT2D eigenvalue weighted by Gasteiger charge is 2.38. The van der Waals surface area contributed by atoms with Crippen molar-refractivity contribution in [3.05, 3.63) is 29.8 Å². The van der Waals surface area contributed by atoms with Crippen LogP contribution in [0.1, 0.15) is 65.4 Å². The molecule has 1 aromatic carbocycles. The Morgan fingerprint density at radius 3 is 1.64 bits per heavy atom. The Balaban J connectivity index is 1.85. The number of urea groups is 1. The van der Waals surface area contributed by atoms with E-state index in [0.717, 1.165) is 4.90 Å². The Morgan fingerprint density at radius 2 is 1.16 bits per heavy atom. The number of carbonyl (C=O) groups is 9. The summed E-state index contributed by atoms with van der Waals surface area (Å²) in [6, 6.07) is 1.91. The number of imide groups is 1. The molecule has 26 nitrogen and oxygen atoms in total. The summed E-state index contributed by atoms with van der Waals surface area (Å²) in [5, 5.41) is 15.7. The average Bonchev–Trinajstić information content (AvgIpc) is 3.60. The molecule has 424 valence electrons. The van der Waals surface area contributed by atoms with Gasteiger partial charge in [0.15, 0.2) is 0 Å². The summed E-state index contributed by atoms with van der Waals surface area (Å²) in [5.74, 6) is -6.12. The van der Waals surface area contributed by atoms with Crippen LogP contribution in [0, 0.1) is 11.8 Å². The molecule has 0 aliphatic carbocycles. The van der Waals surface area contributed by atoms with E-state index >= 15 is 0 Å². The van der Waals surface area contributed by atoms with Crippen LogP contribution < -0.4 is 37.6 Å². The number of rotatable bonds is 43. The van der Waals surface area contributed by atoms with E-state index in [0.29, 0.717) is 90.5 Å². The van der Waals surface area contributed by atoms with E-state index in [1.165, 1.54) is 6.92 Å². The van der Waals surface area contributed by atoms with E-state index in [2.05, 4.69) is 31.9 Å². The average molecular weight is 1070 g/mol. The first-order chi connectivity index (χ1) is 36.0. The maximum Gasteiger partial charge on any atom is 0.312 e. The number of anilines is 1. The van der Waals surface area contributed by atoms with E-state index in [-0.39, 0.29) is 71.6 Å². The first-order valence-corrected chi connectivity index (χ1v) is 25.1. The maximum absolute atomic E-state index is 13.9. The number of likely N-dealkylation sites (tertiary alicyclic amines) is 1. The second-order valence-corrected chi connectivity index (χ2v) is 17.4. The van der Waals surface area contributed by atoms with Gasteiger partial charge in [0, 0.05) is 51.6 Å². The number of methoxy groups -OCH3 is 1. The van der Waals surface area contributed by atoms with Gasteiger partial charge < -0.3 is 80.3 Å². The van der Waals surface area contributed by atoms with E-state index in [4.69, 9.17) is 48.4 Å². The normalized spacial score (nSPS) is 14.5. The largest absolute Gasteiger partial charge is 0.461 e. The van der Waals surface area contributed by atoms with Crippen molar-refractivity contribution < 1.29 is 85.8 Å². The van der Waals surface area contributed by atoms with Crippen LogP contribution in [0.25, 0.3) is 0 Å². The lowest BCUT2D eigenvalue weighted by Crippen LogP contribution is -2.58. The smallest absolute Gasteiger partial charge is 0.312 e.